The monoisotopic (exact) mass is 881 g/mol. The van der Waals surface area contributed by atoms with Crippen LogP contribution >= 0.6 is 0 Å². The van der Waals surface area contributed by atoms with Gasteiger partial charge < -0.3 is 18.9 Å². The number of aromatic nitrogens is 2. The first-order valence-electron chi connectivity index (χ1n) is 23.5. The summed E-state index contributed by atoms with van der Waals surface area (Å²) in [5.74, 6) is 1.32. The van der Waals surface area contributed by atoms with Crippen LogP contribution in [-0.2, 0) is 0 Å². The van der Waals surface area contributed by atoms with Crippen molar-refractivity contribution in [3.05, 3.63) is 241 Å². The lowest BCUT2D eigenvalue weighted by atomic mass is 10.0. The summed E-state index contributed by atoms with van der Waals surface area (Å²) in [6.07, 6.45) is -0.492. The van der Waals surface area contributed by atoms with Gasteiger partial charge in [0.2, 0.25) is 0 Å². The molecule has 6 nitrogen and oxygen atoms in total. The Morgan fingerprint density at radius 3 is 1.77 bits per heavy atom. The largest absolute Gasteiger partial charge is 0.455 e. The van der Waals surface area contributed by atoms with E-state index in [2.05, 4.69) is 233 Å². The quantitative estimate of drug-likeness (QED) is 0.187. The van der Waals surface area contributed by atoms with Crippen LogP contribution in [0.4, 0.5) is 0 Å². The molecule has 0 saturated heterocycles. The van der Waals surface area contributed by atoms with E-state index >= 15 is 0 Å². The van der Waals surface area contributed by atoms with Crippen LogP contribution in [0.15, 0.2) is 239 Å². The van der Waals surface area contributed by atoms with E-state index in [0.717, 1.165) is 88.2 Å². The summed E-state index contributed by atoms with van der Waals surface area (Å²) in [4.78, 5) is 11.3. The minimum atomic E-state index is -0.492. The highest BCUT2D eigenvalue weighted by molar-refractivity contribution is 6.26. The van der Waals surface area contributed by atoms with E-state index in [1.807, 2.05) is 6.07 Å². The van der Waals surface area contributed by atoms with E-state index in [9.17, 15) is 0 Å². The molecular weight excluding hydrogens is 843 g/mol. The molecule has 3 aromatic heterocycles. The second-order valence-corrected chi connectivity index (χ2v) is 18.2. The molecule has 15 rings (SSSR count). The average Bonchev–Trinajstić information content (AvgIpc) is 4.06. The fourth-order valence-corrected chi connectivity index (χ4v) is 11.1. The van der Waals surface area contributed by atoms with Gasteiger partial charge in [0.25, 0.3) is 0 Å². The molecule has 4 heterocycles. The molecule has 69 heavy (non-hydrogen) atoms. The van der Waals surface area contributed by atoms with Crippen LogP contribution in [0.1, 0.15) is 22.9 Å². The van der Waals surface area contributed by atoms with Gasteiger partial charge in [-0.3, -0.25) is 0 Å². The second-order valence-electron chi connectivity index (χ2n) is 18.2. The molecule has 0 aliphatic carbocycles. The van der Waals surface area contributed by atoms with Gasteiger partial charge in [0, 0.05) is 43.6 Å². The highest BCUT2D eigenvalue weighted by atomic mass is 16.3. The highest BCUT2D eigenvalue weighted by Gasteiger charge is 2.30. The van der Waals surface area contributed by atoms with Gasteiger partial charge in [-0.15, -0.1) is 0 Å². The summed E-state index contributed by atoms with van der Waals surface area (Å²) >= 11 is 0. The lowest BCUT2D eigenvalue weighted by Gasteiger charge is -2.26. The molecule has 322 valence electrons. The summed E-state index contributed by atoms with van der Waals surface area (Å²) < 4.78 is 11.9. The molecule has 1 aliphatic rings. The lowest BCUT2D eigenvalue weighted by molar-refractivity contribution is 0.659. The number of nitrogens with one attached hydrogen (secondary N) is 1. The van der Waals surface area contributed by atoms with Crippen molar-refractivity contribution in [2.24, 2.45) is 9.98 Å². The number of aliphatic imine (C=N–C) groups is 2. The standard InChI is InChI=1S/C63H39N5O/c1-2-21-45(22-3-1)67-52-26-12-10-24-48(52)58-49(25-14-27-53(58)67)62-64-61(44-30-29-38-15-4-5-16-39(38)33-44)65-63(66-62)59-54(32-31-47-46-23-11-13-28-57(46)69-60(47)59)68-55-36-42-19-8-6-17-40(42)34-50(55)51-35-41-18-7-9-20-43(41)37-56(51)68/h1-37,61H,(H,64,65,66). The Bertz CT molecular complexity index is 4440. The minimum Gasteiger partial charge on any atom is -0.455 e. The van der Waals surface area contributed by atoms with Crippen LogP contribution in [0, 0.1) is 0 Å². The molecule has 1 atom stereocenters. The van der Waals surface area contributed by atoms with Crippen molar-refractivity contribution in [2.75, 3.05) is 0 Å². The average molecular weight is 882 g/mol. The smallest absolute Gasteiger partial charge is 0.160 e. The van der Waals surface area contributed by atoms with Gasteiger partial charge in [-0.2, -0.15) is 0 Å². The number of amidine groups is 2. The molecule has 11 aromatic carbocycles. The van der Waals surface area contributed by atoms with Gasteiger partial charge in [0.05, 0.1) is 33.3 Å². The van der Waals surface area contributed by atoms with Gasteiger partial charge in [-0.05, 0) is 111 Å². The summed E-state index contributed by atoms with van der Waals surface area (Å²) in [6, 6.07) is 80.4. The molecule has 6 heteroatoms. The first kappa shape index (κ1) is 37.9. The summed E-state index contributed by atoms with van der Waals surface area (Å²) in [6.45, 7) is 0. The number of hydrogen-bond donors (Lipinski definition) is 1. The number of rotatable bonds is 5. The van der Waals surface area contributed by atoms with Crippen LogP contribution in [-0.4, -0.2) is 20.8 Å². The van der Waals surface area contributed by atoms with Crippen LogP contribution in [0.3, 0.4) is 0 Å². The van der Waals surface area contributed by atoms with Gasteiger partial charge in [0.1, 0.15) is 23.2 Å². The fourth-order valence-electron chi connectivity index (χ4n) is 11.1. The molecule has 1 aliphatic heterocycles. The van der Waals surface area contributed by atoms with Crippen molar-refractivity contribution in [1.82, 2.24) is 14.5 Å². The van der Waals surface area contributed by atoms with Gasteiger partial charge >= 0.3 is 0 Å². The topological polar surface area (TPSA) is 59.8 Å². The normalized spacial score (nSPS) is 14.2. The van der Waals surface area contributed by atoms with E-state index < -0.39 is 6.17 Å². The highest BCUT2D eigenvalue weighted by Crippen LogP contribution is 2.42. The van der Waals surface area contributed by atoms with Crippen molar-refractivity contribution >= 4 is 110 Å². The van der Waals surface area contributed by atoms with E-state index in [-0.39, 0.29) is 0 Å². The molecule has 0 radical (unpaired) electrons. The number of para-hydroxylation sites is 3. The number of hydrogen-bond acceptors (Lipinski definition) is 4. The SMILES string of the molecule is c1ccc(-n2c3ccccc3c3c(C4=NC(c5ccc6ccccc6c5)NC(c5c(-n6c7cc8ccccc8cc7c7cc8ccccc8cc76)ccc6c5oc5ccccc56)=N4)cccc32)cc1. The number of furan rings is 1. The third-order valence-corrected chi connectivity index (χ3v) is 14.3. The van der Waals surface area contributed by atoms with E-state index in [1.54, 1.807) is 0 Å². The summed E-state index contributed by atoms with van der Waals surface area (Å²) in [5, 5.41) is 17.7. The van der Waals surface area contributed by atoms with E-state index in [4.69, 9.17) is 14.4 Å². The van der Waals surface area contributed by atoms with Crippen LogP contribution in [0.2, 0.25) is 0 Å². The van der Waals surface area contributed by atoms with Crippen molar-refractivity contribution in [2.45, 2.75) is 6.17 Å². The Morgan fingerprint density at radius 2 is 1.03 bits per heavy atom. The Kier molecular flexibility index (Phi) is 8.03. The van der Waals surface area contributed by atoms with Crippen LogP contribution in [0.25, 0.3) is 109 Å². The Morgan fingerprint density at radius 1 is 0.420 bits per heavy atom. The molecule has 14 aromatic rings. The lowest BCUT2D eigenvalue weighted by Crippen LogP contribution is -2.34. The van der Waals surface area contributed by atoms with Gasteiger partial charge in [0.15, 0.2) is 5.84 Å². The predicted molar refractivity (Wildman–Crippen MR) is 287 cm³/mol. The number of benzene rings is 11. The maximum atomic E-state index is 7.08. The summed E-state index contributed by atoms with van der Waals surface area (Å²) in [7, 11) is 0. The molecule has 0 amide bonds. The zero-order chi connectivity index (χ0) is 45.2. The molecule has 0 saturated carbocycles. The molecule has 0 bridgehead atoms. The summed E-state index contributed by atoms with van der Waals surface area (Å²) in [5.41, 5.74) is 10.9. The molecule has 0 spiro atoms. The maximum Gasteiger partial charge on any atom is 0.160 e. The zero-order valence-corrected chi connectivity index (χ0v) is 37.1. The molecular formula is C63H39N5O. The van der Waals surface area contributed by atoms with E-state index in [0.29, 0.717) is 11.7 Å². The van der Waals surface area contributed by atoms with E-state index in [1.165, 1.54) is 37.7 Å². The second kappa shape index (κ2) is 14.6. The van der Waals surface area contributed by atoms with Crippen molar-refractivity contribution in [3.8, 4) is 11.4 Å². The molecule has 1 unspecified atom stereocenters. The van der Waals surface area contributed by atoms with Crippen molar-refractivity contribution in [1.29, 1.82) is 0 Å². The Labute approximate surface area is 395 Å². The van der Waals surface area contributed by atoms with Gasteiger partial charge in [-0.1, -0.05) is 152 Å². The first-order chi connectivity index (χ1) is 34.2. The third-order valence-electron chi connectivity index (χ3n) is 14.3. The third kappa shape index (κ3) is 5.73. The first-order valence-corrected chi connectivity index (χ1v) is 23.5. The van der Waals surface area contributed by atoms with Crippen molar-refractivity contribution in [3.63, 3.8) is 0 Å². The predicted octanol–water partition coefficient (Wildman–Crippen LogP) is 15.7. The van der Waals surface area contributed by atoms with Crippen LogP contribution < -0.4 is 5.32 Å². The number of fused-ring (bicyclic) bond motifs is 12. The molecule has 1 N–H and O–H groups in total. The fraction of sp³-hybridized carbons (Fsp3) is 0.0159. The van der Waals surface area contributed by atoms with Crippen molar-refractivity contribution < 1.29 is 4.42 Å². The zero-order valence-electron chi connectivity index (χ0n) is 37.1. The minimum absolute atomic E-state index is 0.492. The Balaban J connectivity index is 1.06. The Hall–Kier alpha value is -9.26. The molecule has 0 fully saturated rings. The maximum absolute atomic E-state index is 7.08. The number of nitrogens with zero attached hydrogens (tertiary/aromatic N) is 4. The van der Waals surface area contributed by atoms with Gasteiger partial charge in [-0.25, -0.2) is 9.98 Å². The van der Waals surface area contributed by atoms with Crippen LogP contribution in [0.5, 0.6) is 0 Å².